The van der Waals surface area contributed by atoms with Crippen LogP contribution in [0.1, 0.15) is 96.1 Å². The van der Waals surface area contributed by atoms with E-state index in [0.29, 0.717) is 24.0 Å². The molecule has 0 unspecified atom stereocenters. The Bertz CT molecular complexity index is 1860. The van der Waals surface area contributed by atoms with Gasteiger partial charge in [0.15, 0.2) is 6.10 Å². The van der Waals surface area contributed by atoms with E-state index in [0.717, 1.165) is 5.56 Å². The minimum absolute atomic E-state index is 0.0753. The van der Waals surface area contributed by atoms with Gasteiger partial charge < -0.3 is 33.3 Å². The summed E-state index contributed by atoms with van der Waals surface area (Å²) in [5.41, 5.74) is -0.708. The number of carbonyl (C=O) groups excluding carboxylic acids is 5. The molecule has 4 aliphatic rings. The number of aromatic nitrogens is 1. The maximum absolute atomic E-state index is 14.1. The smallest absolute Gasteiger partial charge is 0.340 e. The van der Waals surface area contributed by atoms with Crippen LogP contribution in [0.25, 0.3) is 0 Å². The number of carbonyl (C=O) groups is 5. The zero-order valence-electron chi connectivity index (χ0n) is 33.7. The summed E-state index contributed by atoms with van der Waals surface area (Å²) in [5.74, 6) is -4.05. The monoisotopic (exact) mass is 774 g/mol. The molecule has 2 heterocycles. The van der Waals surface area contributed by atoms with E-state index in [2.05, 4.69) is 4.98 Å². The predicted octanol–water partition coefficient (Wildman–Crippen LogP) is 5.57. The number of epoxide rings is 1. The number of ether oxygens (including phenoxy) is 6. The fraction of sp³-hybridized carbons (Fsp3) is 0.581. The normalized spacial score (nSPS) is 32.2. The molecule has 3 fully saturated rings. The maximum Gasteiger partial charge on any atom is 0.340 e. The summed E-state index contributed by atoms with van der Waals surface area (Å²) in [7, 11) is 3.82. The minimum atomic E-state index is -1.17. The number of rotatable bonds is 10. The van der Waals surface area contributed by atoms with Gasteiger partial charge in [0, 0.05) is 56.5 Å². The van der Waals surface area contributed by atoms with Gasteiger partial charge in [-0.3, -0.25) is 24.2 Å². The van der Waals surface area contributed by atoms with Gasteiger partial charge in [0.25, 0.3) is 0 Å². The van der Waals surface area contributed by atoms with Crippen molar-refractivity contribution < 1.29 is 52.4 Å². The predicted molar refractivity (Wildman–Crippen MR) is 202 cm³/mol. The first-order chi connectivity index (χ1) is 26.4. The molecule has 2 bridgehead atoms. The van der Waals surface area contributed by atoms with E-state index < -0.39 is 88.6 Å². The van der Waals surface area contributed by atoms with E-state index in [-0.39, 0.29) is 31.1 Å². The van der Waals surface area contributed by atoms with Gasteiger partial charge in [-0.25, -0.2) is 4.79 Å². The van der Waals surface area contributed by atoms with Crippen molar-refractivity contribution in [3.8, 4) is 0 Å². The fourth-order valence-electron chi connectivity index (χ4n) is 10.1. The van der Waals surface area contributed by atoms with Crippen molar-refractivity contribution in [2.24, 2.45) is 22.7 Å². The number of benzene rings is 1. The molecule has 1 spiro atoms. The Kier molecular flexibility index (Phi) is 11.5. The number of esters is 5. The number of nitrogens with zero attached hydrogens (tertiary/aromatic N) is 2. The summed E-state index contributed by atoms with van der Waals surface area (Å²) >= 11 is 0. The average molecular weight is 775 g/mol. The number of pyridine rings is 1. The van der Waals surface area contributed by atoms with E-state index >= 15 is 0 Å². The zero-order valence-corrected chi connectivity index (χ0v) is 33.7. The Hall–Kier alpha value is -4.62. The first-order valence-corrected chi connectivity index (χ1v) is 19.3. The van der Waals surface area contributed by atoms with Crippen molar-refractivity contribution in [2.45, 2.75) is 116 Å². The van der Waals surface area contributed by atoms with Gasteiger partial charge >= 0.3 is 29.8 Å². The van der Waals surface area contributed by atoms with Crippen LogP contribution in [0.4, 0.5) is 0 Å². The first kappa shape index (κ1) is 41.0. The molecule has 6 rings (SSSR count). The fourth-order valence-corrected chi connectivity index (χ4v) is 10.1. The molecule has 1 saturated heterocycles. The molecule has 2 aromatic rings. The minimum Gasteiger partial charge on any atom is -0.462 e. The van der Waals surface area contributed by atoms with Gasteiger partial charge in [-0.1, -0.05) is 51.1 Å². The van der Waals surface area contributed by atoms with Gasteiger partial charge in [-0.2, -0.15) is 0 Å². The Labute approximate surface area is 328 Å². The third-order valence-electron chi connectivity index (χ3n) is 12.6. The summed E-state index contributed by atoms with van der Waals surface area (Å²) in [6.07, 6.45) is -0.822. The maximum atomic E-state index is 14.1. The van der Waals surface area contributed by atoms with Crippen LogP contribution in [0.3, 0.4) is 0 Å². The highest BCUT2D eigenvalue weighted by Crippen LogP contribution is 2.65. The van der Waals surface area contributed by atoms with E-state index in [1.54, 1.807) is 18.3 Å². The second kappa shape index (κ2) is 15.7. The average Bonchev–Trinajstić information content (AvgIpc) is 3.91. The summed E-state index contributed by atoms with van der Waals surface area (Å²) in [6.45, 7) is 11.8. The largest absolute Gasteiger partial charge is 0.462 e. The highest BCUT2D eigenvalue weighted by molar-refractivity contribution is 5.89. The lowest BCUT2D eigenvalue weighted by Gasteiger charge is -2.61. The Morgan fingerprint density at radius 1 is 0.893 bits per heavy atom. The van der Waals surface area contributed by atoms with E-state index in [1.165, 1.54) is 27.0 Å². The lowest BCUT2D eigenvalue weighted by Crippen LogP contribution is -2.68. The molecule has 0 N–H and O–H groups in total. The Morgan fingerprint density at radius 3 is 2.12 bits per heavy atom. The van der Waals surface area contributed by atoms with Crippen molar-refractivity contribution in [1.82, 2.24) is 9.88 Å². The summed E-state index contributed by atoms with van der Waals surface area (Å²) in [6, 6.07) is 12.7. The van der Waals surface area contributed by atoms with Crippen molar-refractivity contribution in [2.75, 3.05) is 20.7 Å². The van der Waals surface area contributed by atoms with Crippen LogP contribution in [-0.2, 0) is 47.6 Å². The topological polar surface area (TPSA) is 160 Å². The molecule has 13 heteroatoms. The quantitative estimate of drug-likeness (QED) is 0.128. The van der Waals surface area contributed by atoms with Crippen LogP contribution in [0.15, 0.2) is 66.0 Å². The summed E-state index contributed by atoms with van der Waals surface area (Å²) in [4.78, 5) is 73.1. The highest BCUT2D eigenvalue weighted by atomic mass is 16.6. The number of fused-ring (bicyclic) bond motifs is 4. The molecule has 302 valence electrons. The van der Waals surface area contributed by atoms with Gasteiger partial charge in [0.1, 0.15) is 30.0 Å². The van der Waals surface area contributed by atoms with Crippen LogP contribution in [0.2, 0.25) is 0 Å². The highest BCUT2D eigenvalue weighted by Gasteiger charge is 2.75. The van der Waals surface area contributed by atoms with Crippen LogP contribution < -0.4 is 0 Å². The summed E-state index contributed by atoms with van der Waals surface area (Å²) < 4.78 is 38.0. The molecule has 1 aliphatic heterocycles. The molecule has 1 aromatic carbocycles. The van der Waals surface area contributed by atoms with Gasteiger partial charge in [-0.15, -0.1) is 0 Å². The molecule has 1 aromatic heterocycles. The summed E-state index contributed by atoms with van der Waals surface area (Å²) in [5, 5.41) is 0. The van der Waals surface area contributed by atoms with Crippen molar-refractivity contribution in [3.05, 3.63) is 77.1 Å². The van der Waals surface area contributed by atoms with Crippen LogP contribution in [-0.4, -0.2) is 96.6 Å². The van der Waals surface area contributed by atoms with Crippen LogP contribution >= 0.6 is 0 Å². The van der Waals surface area contributed by atoms with Gasteiger partial charge in [-0.05, 0) is 74.5 Å². The first-order valence-electron chi connectivity index (χ1n) is 19.3. The standard InChI is InChI=1S/C43H54N2O11/c1-24-32(52-25(2)46)20-30-36(53-26(3)47)38-42(7,39(56-40(50)29-16-13-19-44-22-29)37(54-27(4)48)35(24)41(30,5)6)18-17-33(43(38)23-51-43)55-34(49)21-31(45(8)9)28-14-11-10-12-15-28/h10-16,19,22,30-33,36-39H,17-18,20-21,23H2,1-9H3/t30-,31+,32-,33-,36+,37+,38-,39-,42-,43+/m0/s1. The second-order valence-electron chi connectivity index (χ2n) is 16.8. The van der Waals surface area contributed by atoms with Crippen molar-refractivity contribution in [3.63, 3.8) is 0 Å². The third kappa shape index (κ3) is 7.72. The Balaban J connectivity index is 1.51. The van der Waals surface area contributed by atoms with Crippen LogP contribution in [0, 0.1) is 22.7 Å². The number of hydrogen-bond acceptors (Lipinski definition) is 13. The molecule has 0 amide bonds. The SMILES string of the molecule is CC(=O)O[C@@H]1[C@@H]2C[C@H](OC(C)=O)C(C)=C([C@@H](OC(C)=O)[C@H](OC(=O)c3cccnc3)[C@@]3(C)CC[C@H](OC(=O)C[C@H](c4ccccc4)N(C)C)[C@]4(CO4)[C@@H]13)C2(C)C. The van der Waals surface area contributed by atoms with E-state index in [9.17, 15) is 24.0 Å². The molecular weight excluding hydrogens is 720 g/mol. The molecule has 0 radical (unpaired) electrons. The van der Waals surface area contributed by atoms with Gasteiger partial charge in [0.05, 0.1) is 18.6 Å². The Morgan fingerprint density at radius 2 is 1.55 bits per heavy atom. The second-order valence-corrected chi connectivity index (χ2v) is 16.8. The molecular formula is C43H54N2O11. The molecule has 13 nitrogen and oxygen atoms in total. The van der Waals surface area contributed by atoms with Gasteiger partial charge in [0.2, 0.25) is 0 Å². The third-order valence-corrected chi connectivity index (χ3v) is 12.6. The molecule has 10 atom stereocenters. The molecule has 56 heavy (non-hydrogen) atoms. The zero-order chi connectivity index (χ0) is 40.7. The number of hydrogen-bond donors (Lipinski definition) is 0. The lowest BCUT2D eigenvalue weighted by molar-refractivity contribution is -0.223. The molecule has 2 saturated carbocycles. The van der Waals surface area contributed by atoms with E-state index in [1.807, 2.05) is 77.0 Å². The van der Waals surface area contributed by atoms with E-state index in [4.69, 9.17) is 28.4 Å². The van der Waals surface area contributed by atoms with Crippen molar-refractivity contribution in [1.29, 1.82) is 0 Å². The van der Waals surface area contributed by atoms with Crippen LogP contribution in [0.5, 0.6) is 0 Å². The lowest BCUT2D eigenvalue weighted by atomic mass is 9.48. The van der Waals surface area contributed by atoms with Crippen molar-refractivity contribution >= 4 is 29.8 Å². The molecule has 3 aliphatic carbocycles.